The summed E-state index contributed by atoms with van der Waals surface area (Å²) in [4.78, 5) is 14.2. The van der Waals surface area contributed by atoms with Gasteiger partial charge in [-0.1, -0.05) is 0 Å². The number of ether oxygens (including phenoxy) is 1. The average molecular weight is 334 g/mol. The fourth-order valence-corrected chi connectivity index (χ4v) is 1.71. The average Bonchev–Trinajstić information content (AvgIpc) is 2.25. The molecule has 0 aliphatic heterocycles. The molecule has 0 amide bonds. The lowest BCUT2D eigenvalue weighted by atomic mass is 10.1. The highest BCUT2D eigenvalue weighted by molar-refractivity contribution is 9.10. The molecule has 0 N–H and O–H groups in total. The van der Waals surface area contributed by atoms with Crippen LogP contribution in [0.1, 0.15) is 28.0 Å². The van der Waals surface area contributed by atoms with Crippen molar-refractivity contribution in [2.45, 2.75) is 12.6 Å². The highest BCUT2D eigenvalue weighted by Gasteiger charge is 2.41. The second-order valence-electron chi connectivity index (χ2n) is 3.03. The topological polar surface area (TPSA) is 39.2 Å². The smallest absolute Gasteiger partial charge is 0.434 e. The Morgan fingerprint density at radius 2 is 2.00 bits per heavy atom. The van der Waals surface area contributed by atoms with E-state index in [1.807, 2.05) is 0 Å². The molecule has 1 aromatic rings. The van der Waals surface area contributed by atoms with Crippen LogP contribution in [0.4, 0.5) is 22.0 Å². The molecule has 0 unspecified atom stereocenters. The van der Waals surface area contributed by atoms with Gasteiger partial charge in [-0.15, -0.1) is 0 Å². The first-order chi connectivity index (χ1) is 8.20. The number of hydrogen-bond acceptors (Lipinski definition) is 3. The third kappa shape index (κ3) is 2.77. The van der Waals surface area contributed by atoms with Crippen molar-refractivity contribution in [1.82, 2.24) is 4.98 Å². The van der Waals surface area contributed by atoms with Crippen molar-refractivity contribution in [3.8, 4) is 0 Å². The summed E-state index contributed by atoms with van der Waals surface area (Å²) >= 11 is 2.63. The molecule has 1 aromatic heterocycles. The molecule has 1 heterocycles. The summed E-state index contributed by atoms with van der Waals surface area (Å²) in [7, 11) is 0.790. The van der Waals surface area contributed by atoms with Gasteiger partial charge in [0, 0.05) is 10.7 Å². The van der Waals surface area contributed by atoms with Gasteiger partial charge in [-0.2, -0.15) is 13.2 Å². The Morgan fingerprint density at radius 1 is 1.44 bits per heavy atom. The van der Waals surface area contributed by atoms with E-state index in [4.69, 9.17) is 0 Å². The van der Waals surface area contributed by atoms with Gasteiger partial charge in [0.2, 0.25) is 0 Å². The number of carbonyl (C=O) groups excluding carboxylic acids is 1. The van der Waals surface area contributed by atoms with E-state index in [-0.39, 0.29) is 0 Å². The van der Waals surface area contributed by atoms with E-state index in [0.29, 0.717) is 6.20 Å². The number of carbonyl (C=O) groups is 1. The highest BCUT2D eigenvalue weighted by Crippen LogP contribution is 2.38. The van der Waals surface area contributed by atoms with E-state index < -0.39 is 39.9 Å². The third-order valence-corrected chi connectivity index (χ3v) is 2.58. The highest BCUT2D eigenvalue weighted by atomic mass is 79.9. The maximum Gasteiger partial charge on any atom is 0.434 e. The van der Waals surface area contributed by atoms with Crippen LogP contribution < -0.4 is 0 Å². The van der Waals surface area contributed by atoms with E-state index in [0.717, 1.165) is 7.11 Å². The zero-order valence-electron chi connectivity index (χ0n) is 8.69. The second-order valence-corrected chi connectivity index (χ2v) is 3.89. The van der Waals surface area contributed by atoms with Gasteiger partial charge in [0.25, 0.3) is 6.43 Å². The Labute approximate surface area is 106 Å². The Balaban J connectivity index is 3.65. The third-order valence-electron chi connectivity index (χ3n) is 1.95. The molecule has 18 heavy (non-hydrogen) atoms. The first kappa shape index (κ1) is 14.8. The molecule has 0 atom stereocenters. The molecule has 0 saturated heterocycles. The standard InChI is InChI=1S/C9H5BrF5NO2/c1-18-8(17)5-4(7(11)12)3(10)2-16-6(5)9(13,14)15/h2,7H,1H3. The van der Waals surface area contributed by atoms with Crippen molar-refractivity contribution < 1.29 is 31.5 Å². The summed E-state index contributed by atoms with van der Waals surface area (Å²) in [5.74, 6) is -1.52. The maximum absolute atomic E-state index is 12.7. The fraction of sp³-hybridized carbons (Fsp3) is 0.333. The number of nitrogens with zero attached hydrogens (tertiary/aromatic N) is 1. The minimum Gasteiger partial charge on any atom is -0.465 e. The summed E-state index contributed by atoms with van der Waals surface area (Å²) < 4.78 is 66.9. The molecule has 100 valence electrons. The number of alkyl halides is 5. The van der Waals surface area contributed by atoms with Gasteiger partial charge in [-0.05, 0) is 15.9 Å². The van der Waals surface area contributed by atoms with E-state index in [2.05, 4.69) is 25.7 Å². The number of halogens is 6. The summed E-state index contributed by atoms with van der Waals surface area (Å²) in [5, 5.41) is 0. The van der Waals surface area contributed by atoms with E-state index in [1.54, 1.807) is 0 Å². The zero-order valence-corrected chi connectivity index (χ0v) is 10.3. The van der Waals surface area contributed by atoms with Crippen LogP contribution in [0.2, 0.25) is 0 Å². The van der Waals surface area contributed by atoms with Crippen LogP contribution in [0.15, 0.2) is 10.7 Å². The lowest BCUT2D eigenvalue weighted by Crippen LogP contribution is -2.19. The molecule has 0 aromatic carbocycles. The predicted octanol–water partition coefficient (Wildman–Crippen LogP) is 3.59. The largest absolute Gasteiger partial charge is 0.465 e. The Morgan fingerprint density at radius 3 is 2.39 bits per heavy atom. The molecule has 0 fully saturated rings. The first-order valence-electron chi connectivity index (χ1n) is 4.32. The van der Waals surface area contributed by atoms with Crippen molar-refractivity contribution in [3.63, 3.8) is 0 Å². The van der Waals surface area contributed by atoms with Crippen LogP contribution in [-0.4, -0.2) is 18.1 Å². The first-order valence-corrected chi connectivity index (χ1v) is 5.11. The van der Waals surface area contributed by atoms with Crippen LogP contribution in [0.3, 0.4) is 0 Å². The van der Waals surface area contributed by atoms with Gasteiger partial charge < -0.3 is 4.74 Å². The fourth-order valence-electron chi connectivity index (χ4n) is 1.24. The van der Waals surface area contributed by atoms with Gasteiger partial charge in [-0.25, -0.2) is 18.6 Å². The SMILES string of the molecule is COC(=O)c1c(C(F)(F)F)ncc(Br)c1C(F)F. The van der Waals surface area contributed by atoms with Crippen LogP contribution in [0, 0.1) is 0 Å². The van der Waals surface area contributed by atoms with Crippen LogP contribution in [0.5, 0.6) is 0 Å². The molecular formula is C9H5BrF5NO2. The molecule has 0 saturated carbocycles. The minimum atomic E-state index is -5.03. The summed E-state index contributed by atoms with van der Waals surface area (Å²) in [6.07, 6.45) is -7.75. The van der Waals surface area contributed by atoms with Gasteiger partial charge >= 0.3 is 12.1 Å². The normalized spacial score (nSPS) is 11.8. The predicted molar refractivity (Wildman–Crippen MR) is 53.2 cm³/mol. The number of methoxy groups -OCH3 is 1. The summed E-state index contributed by atoms with van der Waals surface area (Å²) in [5.41, 5.74) is -4.08. The number of rotatable bonds is 2. The van der Waals surface area contributed by atoms with Crippen molar-refractivity contribution in [2.24, 2.45) is 0 Å². The van der Waals surface area contributed by atoms with Crippen molar-refractivity contribution in [2.75, 3.05) is 7.11 Å². The van der Waals surface area contributed by atoms with Crippen LogP contribution in [-0.2, 0) is 10.9 Å². The number of esters is 1. The van der Waals surface area contributed by atoms with E-state index >= 15 is 0 Å². The van der Waals surface area contributed by atoms with Crippen molar-refractivity contribution in [3.05, 3.63) is 27.5 Å². The van der Waals surface area contributed by atoms with E-state index in [1.165, 1.54) is 0 Å². The Hall–Kier alpha value is -1.25. The monoisotopic (exact) mass is 333 g/mol. The molecule has 0 radical (unpaired) electrons. The number of pyridine rings is 1. The molecule has 0 aliphatic rings. The lowest BCUT2D eigenvalue weighted by molar-refractivity contribution is -0.141. The summed E-state index contributed by atoms with van der Waals surface area (Å²) in [6.45, 7) is 0. The second kappa shape index (κ2) is 5.17. The molecule has 0 bridgehead atoms. The quantitative estimate of drug-likeness (QED) is 0.613. The maximum atomic E-state index is 12.7. The van der Waals surface area contributed by atoms with Crippen molar-refractivity contribution in [1.29, 1.82) is 0 Å². The number of aromatic nitrogens is 1. The lowest BCUT2D eigenvalue weighted by Gasteiger charge is -2.15. The van der Waals surface area contributed by atoms with Crippen LogP contribution in [0.25, 0.3) is 0 Å². The summed E-state index contributed by atoms with van der Waals surface area (Å²) in [6, 6.07) is 0. The van der Waals surface area contributed by atoms with Gasteiger partial charge in [0.15, 0.2) is 5.69 Å². The molecule has 0 aliphatic carbocycles. The Kier molecular flexibility index (Phi) is 4.25. The van der Waals surface area contributed by atoms with Crippen LogP contribution >= 0.6 is 15.9 Å². The van der Waals surface area contributed by atoms with Gasteiger partial charge in [-0.3, -0.25) is 0 Å². The number of hydrogen-bond donors (Lipinski definition) is 0. The molecule has 1 rings (SSSR count). The van der Waals surface area contributed by atoms with Crippen molar-refractivity contribution >= 4 is 21.9 Å². The Bertz CT molecular complexity index is 475. The van der Waals surface area contributed by atoms with Gasteiger partial charge in [0.1, 0.15) is 5.56 Å². The van der Waals surface area contributed by atoms with E-state index in [9.17, 15) is 26.7 Å². The van der Waals surface area contributed by atoms with Gasteiger partial charge in [0.05, 0.1) is 12.7 Å². The molecule has 9 heteroatoms. The minimum absolute atomic E-state index is 0.397. The molecule has 0 spiro atoms. The molecular weight excluding hydrogens is 329 g/mol. The molecule has 3 nitrogen and oxygen atoms in total. The zero-order chi connectivity index (χ0) is 14.1.